The van der Waals surface area contributed by atoms with Crippen molar-refractivity contribution in [3.8, 4) is 5.75 Å². The molecule has 5 nitrogen and oxygen atoms in total. The van der Waals surface area contributed by atoms with E-state index in [9.17, 15) is 14.7 Å². The Morgan fingerprint density at radius 1 is 0.920 bits per heavy atom. The Labute approximate surface area is 145 Å². The van der Waals surface area contributed by atoms with Crippen LogP contribution in [0.25, 0.3) is 10.8 Å². The second-order valence-electron chi connectivity index (χ2n) is 5.68. The Morgan fingerprint density at radius 3 is 2.20 bits per heavy atom. The van der Waals surface area contributed by atoms with E-state index in [1.807, 2.05) is 24.3 Å². The summed E-state index contributed by atoms with van der Waals surface area (Å²) in [5.41, 5.74) is 1.66. The molecule has 0 saturated heterocycles. The van der Waals surface area contributed by atoms with Crippen LogP contribution in [0.3, 0.4) is 0 Å². The molecule has 0 saturated carbocycles. The zero-order valence-corrected chi connectivity index (χ0v) is 13.7. The largest absolute Gasteiger partial charge is 0.507 e. The van der Waals surface area contributed by atoms with Gasteiger partial charge in [-0.3, -0.25) is 9.59 Å². The zero-order valence-electron chi connectivity index (χ0n) is 13.7. The zero-order chi connectivity index (χ0) is 17.8. The first-order chi connectivity index (χ1) is 12.1. The van der Waals surface area contributed by atoms with Gasteiger partial charge in [0.1, 0.15) is 5.75 Å². The van der Waals surface area contributed by atoms with E-state index >= 15 is 0 Å². The van der Waals surface area contributed by atoms with Crippen LogP contribution in [0.4, 0.5) is 0 Å². The van der Waals surface area contributed by atoms with Gasteiger partial charge in [0.15, 0.2) is 0 Å². The Hall–Kier alpha value is -3.34. The molecule has 0 aliphatic heterocycles. The SMILES string of the molecule is CNC(=O)c1ccc(CNC(=O)c2cc3ccccc3cc2O)cc1. The number of carbonyl (C=O) groups excluding carboxylic acids is 2. The second kappa shape index (κ2) is 7.05. The summed E-state index contributed by atoms with van der Waals surface area (Å²) in [5, 5.41) is 17.2. The third-order valence-corrected chi connectivity index (χ3v) is 4.00. The summed E-state index contributed by atoms with van der Waals surface area (Å²) >= 11 is 0. The lowest BCUT2D eigenvalue weighted by molar-refractivity contribution is 0.0944. The topological polar surface area (TPSA) is 78.4 Å². The molecule has 0 fully saturated rings. The van der Waals surface area contributed by atoms with Crippen molar-refractivity contribution in [2.75, 3.05) is 7.05 Å². The smallest absolute Gasteiger partial charge is 0.255 e. The maximum Gasteiger partial charge on any atom is 0.255 e. The van der Waals surface area contributed by atoms with E-state index in [1.165, 1.54) is 0 Å². The average molecular weight is 334 g/mol. The molecule has 0 aliphatic carbocycles. The highest BCUT2D eigenvalue weighted by Gasteiger charge is 2.12. The van der Waals surface area contributed by atoms with Crippen LogP contribution in [0, 0.1) is 0 Å². The Morgan fingerprint density at radius 2 is 1.56 bits per heavy atom. The standard InChI is InChI=1S/C20H18N2O3/c1-21-19(24)14-8-6-13(7-9-14)12-22-20(25)17-10-15-4-2-3-5-16(15)11-18(17)23/h2-11,23H,12H2,1H3,(H,21,24)(H,22,25). The van der Waals surface area contributed by atoms with E-state index in [-0.39, 0.29) is 23.1 Å². The predicted molar refractivity (Wildman–Crippen MR) is 96.6 cm³/mol. The quantitative estimate of drug-likeness (QED) is 0.686. The van der Waals surface area contributed by atoms with Crippen LogP contribution in [-0.2, 0) is 6.54 Å². The van der Waals surface area contributed by atoms with Crippen LogP contribution >= 0.6 is 0 Å². The third kappa shape index (κ3) is 3.61. The van der Waals surface area contributed by atoms with E-state index in [4.69, 9.17) is 0 Å². The summed E-state index contributed by atoms with van der Waals surface area (Å²) < 4.78 is 0. The highest BCUT2D eigenvalue weighted by Crippen LogP contribution is 2.24. The summed E-state index contributed by atoms with van der Waals surface area (Å²) in [4.78, 5) is 23.9. The lowest BCUT2D eigenvalue weighted by atomic mass is 10.1. The van der Waals surface area contributed by atoms with E-state index < -0.39 is 0 Å². The van der Waals surface area contributed by atoms with E-state index in [0.717, 1.165) is 16.3 Å². The molecular formula is C20H18N2O3. The fraction of sp³-hybridized carbons (Fsp3) is 0.100. The Bertz CT molecular complexity index is 933. The van der Waals surface area contributed by atoms with Crippen LogP contribution < -0.4 is 10.6 Å². The van der Waals surface area contributed by atoms with Crippen molar-refractivity contribution in [2.45, 2.75) is 6.54 Å². The monoisotopic (exact) mass is 334 g/mol. The van der Waals surface area contributed by atoms with Crippen molar-refractivity contribution in [3.63, 3.8) is 0 Å². The molecule has 0 aromatic heterocycles. The molecule has 5 heteroatoms. The van der Waals surface area contributed by atoms with E-state index in [0.29, 0.717) is 12.1 Å². The summed E-state index contributed by atoms with van der Waals surface area (Å²) in [6.45, 7) is 0.305. The molecule has 3 N–H and O–H groups in total. The van der Waals surface area contributed by atoms with Crippen molar-refractivity contribution >= 4 is 22.6 Å². The molecule has 0 heterocycles. The van der Waals surface area contributed by atoms with Crippen molar-refractivity contribution in [3.05, 3.63) is 77.4 Å². The summed E-state index contributed by atoms with van der Waals surface area (Å²) in [5.74, 6) is -0.554. The van der Waals surface area contributed by atoms with Crippen molar-refractivity contribution in [1.82, 2.24) is 10.6 Å². The fourth-order valence-electron chi connectivity index (χ4n) is 2.61. The van der Waals surface area contributed by atoms with Gasteiger partial charge < -0.3 is 15.7 Å². The molecule has 3 aromatic rings. The van der Waals surface area contributed by atoms with Crippen molar-refractivity contribution < 1.29 is 14.7 Å². The molecule has 0 aliphatic rings. The fourth-order valence-corrected chi connectivity index (χ4v) is 2.61. The molecule has 0 radical (unpaired) electrons. The first-order valence-corrected chi connectivity index (χ1v) is 7.89. The molecule has 0 atom stereocenters. The van der Waals surface area contributed by atoms with Crippen LogP contribution in [0.1, 0.15) is 26.3 Å². The predicted octanol–water partition coefficient (Wildman–Crippen LogP) is 2.84. The van der Waals surface area contributed by atoms with E-state index in [2.05, 4.69) is 10.6 Å². The van der Waals surface area contributed by atoms with Crippen LogP contribution in [0.5, 0.6) is 5.75 Å². The molecule has 3 aromatic carbocycles. The number of benzene rings is 3. The lowest BCUT2D eigenvalue weighted by Gasteiger charge is -2.09. The molecule has 3 rings (SSSR count). The Kier molecular flexibility index (Phi) is 4.66. The maximum atomic E-state index is 12.4. The number of hydrogen-bond donors (Lipinski definition) is 3. The minimum absolute atomic E-state index is 0.0498. The van der Waals surface area contributed by atoms with Gasteiger partial charge in [0, 0.05) is 19.2 Å². The normalized spacial score (nSPS) is 10.4. The molecule has 126 valence electrons. The Balaban J connectivity index is 1.72. The molecule has 0 unspecified atom stereocenters. The molecule has 25 heavy (non-hydrogen) atoms. The number of fused-ring (bicyclic) bond motifs is 1. The van der Waals surface area contributed by atoms with E-state index in [1.54, 1.807) is 43.4 Å². The van der Waals surface area contributed by atoms with Gasteiger partial charge in [0.05, 0.1) is 5.56 Å². The van der Waals surface area contributed by atoms with Gasteiger partial charge in [-0.15, -0.1) is 0 Å². The van der Waals surface area contributed by atoms with Gasteiger partial charge in [-0.1, -0.05) is 36.4 Å². The number of phenolic OH excluding ortho intramolecular Hbond substituents is 1. The van der Waals surface area contributed by atoms with Gasteiger partial charge in [-0.25, -0.2) is 0 Å². The van der Waals surface area contributed by atoms with Crippen LogP contribution in [0.15, 0.2) is 60.7 Å². The van der Waals surface area contributed by atoms with Gasteiger partial charge in [-0.05, 0) is 40.6 Å². The van der Waals surface area contributed by atoms with Crippen molar-refractivity contribution in [1.29, 1.82) is 0 Å². The number of nitrogens with one attached hydrogen (secondary N) is 2. The highest BCUT2D eigenvalue weighted by atomic mass is 16.3. The molecule has 2 amide bonds. The summed E-state index contributed by atoms with van der Waals surface area (Å²) in [6.07, 6.45) is 0. The number of phenols is 1. The number of rotatable bonds is 4. The molecular weight excluding hydrogens is 316 g/mol. The highest BCUT2D eigenvalue weighted by molar-refractivity contribution is 6.01. The van der Waals surface area contributed by atoms with Gasteiger partial charge in [0.2, 0.25) is 0 Å². The number of aromatic hydroxyl groups is 1. The average Bonchev–Trinajstić information content (AvgIpc) is 2.65. The third-order valence-electron chi connectivity index (χ3n) is 4.00. The minimum atomic E-state index is -0.348. The minimum Gasteiger partial charge on any atom is -0.507 e. The first kappa shape index (κ1) is 16.5. The lowest BCUT2D eigenvalue weighted by Crippen LogP contribution is -2.23. The van der Waals surface area contributed by atoms with Gasteiger partial charge in [-0.2, -0.15) is 0 Å². The maximum absolute atomic E-state index is 12.4. The number of carbonyl (C=O) groups is 2. The second-order valence-corrected chi connectivity index (χ2v) is 5.68. The van der Waals surface area contributed by atoms with Crippen LogP contribution in [-0.4, -0.2) is 24.0 Å². The van der Waals surface area contributed by atoms with Crippen LogP contribution in [0.2, 0.25) is 0 Å². The number of hydrogen-bond acceptors (Lipinski definition) is 3. The first-order valence-electron chi connectivity index (χ1n) is 7.89. The summed E-state index contributed by atoms with van der Waals surface area (Å²) in [6, 6.07) is 17.8. The van der Waals surface area contributed by atoms with Gasteiger partial charge >= 0.3 is 0 Å². The number of amides is 2. The summed E-state index contributed by atoms with van der Waals surface area (Å²) in [7, 11) is 1.58. The van der Waals surface area contributed by atoms with Gasteiger partial charge in [0.25, 0.3) is 11.8 Å². The molecule has 0 bridgehead atoms. The van der Waals surface area contributed by atoms with Crippen molar-refractivity contribution in [2.24, 2.45) is 0 Å². The molecule has 0 spiro atoms.